The molecule has 0 saturated carbocycles. The van der Waals surface area contributed by atoms with Crippen molar-refractivity contribution in [1.82, 2.24) is 9.38 Å². The minimum absolute atomic E-state index is 0.515. The van der Waals surface area contributed by atoms with E-state index in [2.05, 4.69) is 4.98 Å². The summed E-state index contributed by atoms with van der Waals surface area (Å²) in [5, 5.41) is 12.2. The summed E-state index contributed by atoms with van der Waals surface area (Å²) < 4.78 is 7.31. The number of aliphatic hydroxyl groups excluding tert-OH is 1. The van der Waals surface area contributed by atoms with E-state index in [0.717, 1.165) is 28.4 Å². The first kappa shape index (κ1) is 11.5. The summed E-state index contributed by atoms with van der Waals surface area (Å²) in [4.78, 5) is 5.43. The fourth-order valence-corrected chi connectivity index (χ4v) is 2.84. The fourth-order valence-electron chi connectivity index (χ4n) is 2.12. The lowest BCUT2D eigenvalue weighted by Crippen LogP contribution is -2.03. The number of thiazole rings is 1. The number of furan rings is 1. The Morgan fingerprint density at radius 2 is 2.44 bits per heavy atom. The van der Waals surface area contributed by atoms with E-state index in [4.69, 9.17) is 4.42 Å². The minimum Gasteiger partial charge on any atom is -0.469 e. The minimum atomic E-state index is -0.552. The van der Waals surface area contributed by atoms with Crippen molar-refractivity contribution < 1.29 is 9.52 Å². The first-order chi connectivity index (χ1) is 8.78. The van der Waals surface area contributed by atoms with Gasteiger partial charge in [0.2, 0.25) is 0 Å². The summed E-state index contributed by atoms with van der Waals surface area (Å²) >= 11 is 1.59. The Balaban J connectivity index is 1.82. The van der Waals surface area contributed by atoms with Crippen molar-refractivity contribution in [2.24, 2.45) is 0 Å². The maximum atomic E-state index is 10.2. The average molecular weight is 262 g/mol. The van der Waals surface area contributed by atoms with E-state index in [1.807, 2.05) is 35.2 Å². The summed E-state index contributed by atoms with van der Waals surface area (Å²) in [5.74, 6) is 0.850. The first-order valence-corrected chi connectivity index (χ1v) is 6.81. The summed E-state index contributed by atoms with van der Waals surface area (Å²) in [5.41, 5.74) is 1.77. The van der Waals surface area contributed by atoms with E-state index in [1.165, 1.54) is 0 Å². The topological polar surface area (TPSA) is 50.7 Å². The molecule has 0 aliphatic heterocycles. The highest BCUT2D eigenvalue weighted by molar-refractivity contribution is 7.15. The predicted molar refractivity (Wildman–Crippen MR) is 69.8 cm³/mol. The van der Waals surface area contributed by atoms with E-state index in [1.54, 1.807) is 17.6 Å². The van der Waals surface area contributed by atoms with E-state index < -0.39 is 6.10 Å². The molecule has 1 unspecified atom stereocenters. The van der Waals surface area contributed by atoms with Crippen LogP contribution in [0, 0.1) is 0 Å². The van der Waals surface area contributed by atoms with Gasteiger partial charge in [0, 0.05) is 36.2 Å². The summed E-state index contributed by atoms with van der Waals surface area (Å²) in [7, 11) is 0. The van der Waals surface area contributed by atoms with Crippen molar-refractivity contribution >= 4 is 16.3 Å². The highest BCUT2D eigenvalue weighted by Crippen LogP contribution is 2.24. The predicted octanol–water partition coefficient (Wildman–Crippen LogP) is 2.83. The Kier molecular flexibility index (Phi) is 2.93. The van der Waals surface area contributed by atoms with Gasteiger partial charge < -0.3 is 9.52 Å². The highest BCUT2D eigenvalue weighted by Gasteiger charge is 2.16. The lowest BCUT2D eigenvalue weighted by atomic mass is 10.1. The van der Waals surface area contributed by atoms with Crippen molar-refractivity contribution in [3.63, 3.8) is 0 Å². The SMILES string of the molecule is CCc1occc1C(O)Cc1cn2ccsc2n1. The average Bonchev–Trinajstić information content (AvgIpc) is 3.02. The van der Waals surface area contributed by atoms with Crippen LogP contribution < -0.4 is 0 Å². The molecular weight excluding hydrogens is 248 g/mol. The maximum absolute atomic E-state index is 10.2. The van der Waals surface area contributed by atoms with Gasteiger partial charge in [-0.05, 0) is 6.07 Å². The standard InChI is InChI=1S/C13H14N2O2S/c1-2-12-10(3-5-17-12)11(16)7-9-8-15-4-6-18-13(15)14-9/h3-6,8,11,16H,2,7H2,1H3. The quantitative estimate of drug-likeness (QED) is 0.786. The van der Waals surface area contributed by atoms with Crippen LogP contribution in [0.4, 0.5) is 0 Å². The molecule has 0 aliphatic rings. The molecule has 1 N–H and O–H groups in total. The molecule has 0 radical (unpaired) electrons. The van der Waals surface area contributed by atoms with Crippen LogP contribution in [0.25, 0.3) is 4.96 Å². The molecule has 94 valence electrons. The molecule has 0 fully saturated rings. The van der Waals surface area contributed by atoms with Gasteiger partial charge in [0.1, 0.15) is 5.76 Å². The number of fused-ring (bicyclic) bond motifs is 1. The van der Waals surface area contributed by atoms with Gasteiger partial charge in [-0.25, -0.2) is 4.98 Å². The number of nitrogens with zero attached hydrogens (tertiary/aromatic N) is 2. The Morgan fingerprint density at radius 1 is 1.56 bits per heavy atom. The molecule has 1 atom stereocenters. The zero-order chi connectivity index (χ0) is 12.5. The largest absolute Gasteiger partial charge is 0.469 e. The second-order valence-electron chi connectivity index (χ2n) is 4.20. The molecule has 0 spiro atoms. The summed E-state index contributed by atoms with van der Waals surface area (Å²) in [6.45, 7) is 2.02. The molecule has 0 bridgehead atoms. The zero-order valence-electron chi connectivity index (χ0n) is 10.0. The molecule has 0 saturated heterocycles. The first-order valence-electron chi connectivity index (χ1n) is 5.93. The molecule has 0 aliphatic carbocycles. The van der Waals surface area contributed by atoms with Gasteiger partial charge in [-0.3, -0.25) is 4.40 Å². The van der Waals surface area contributed by atoms with Crippen LogP contribution >= 0.6 is 11.3 Å². The van der Waals surface area contributed by atoms with Crippen LogP contribution in [0.1, 0.15) is 30.0 Å². The third-order valence-electron chi connectivity index (χ3n) is 3.01. The molecule has 3 rings (SSSR count). The van der Waals surface area contributed by atoms with Crippen LogP contribution in [0.5, 0.6) is 0 Å². The zero-order valence-corrected chi connectivity index (χ0v) is 10.9. The molecule has 3 heterocycles. The lowest BCUT2D eigenvalue weighted by Gasteiger charge is -2.08. The van der Waals surface area contributed by atoms with Gasteiger partial charge >= 0.3 is 0 Å². The molecule has 3 aromatic rings. The lowest BCUT2D eigenvalue weighted by molar-refractivity contribution is 0.175. The van der Waals surface area contributed by atoms with Crippen LogP contribution in [0.2, 0.25) is 0 Å². The van der Waals surface area contributed by atoms with Crippen molar-refractivity contribution in [3.05, 3.63) is 47.1 Å². The van der Waals surface area contributed by atoms with Crippen molar-refractivity contribution in [1.29, 1.82) is 0 Å². The molecule has 3 aromatic heterocycles. The van der Waals surface area contributed by atoms with Gasteiger partial charge in [0.05, 0.1) is 18.1 Å². The van der Waals surface area contributed by atoms with Crippen LogP contribution in [-0.4, -0.2) is 14.5 Å². The van der Waals surface area contributed by atoms with Gasteiger partial charge in [0.15, 0.2) is 4.96 Å². The molecule has 0 aromatic carbocycles. The van der Waals surface area contributed by atoms with Gasteiger partial charge in [-0.2, -0.15) is 0 Å². The van der Waals surface area contributed by atoms with E-state index in [9.17, 15) is 5.11 Å². The van der Waals surface area contributed by atoms with Gasteiger partial charge in [-0.1, -0.05) is 6.92 Å². The number of aliphatic hydroxyl groups is 1. The molecule has 5 heteroatoms. The molecular formula is C13H14N2O2S. The van der Waals surface area contributed by atoms with E-state index >= 15 is 0 Å². The summed E-state index contributed by atoms with van der Waals surface area (Å²) in [6.07, 6.45) is 6.31. The van der Waals surface area contributed by atoms with Gasteiger partial charge in [-0.15, -0.1) is 11.3 Å². The molecule has 0 amide bonds. The van der Waals surface area contributed by atoms with Crippen molar-refractivity contribution in [3.8, 4) is 0 Å². The van der Waals surface area contributed by atoms with Crippen LogP contribution in [0.3, 0.4) is 0 Å². The molecule has 4 nitrogen and oxygen atoms in total. The Labute approximate surface area is 109 Å². The van der Waals surface area contributed by atoms with Gasteiger partial charge in [0.25, 0.3) is 0 Å². The number of hydrogen-bond donors (Lipinski definition) is 1. The number of hydrogen-bond acceptors (Lipinski definition) is 4. The smallest absolute Gasteiger partial charge is 0.193 e. The normalized spacial score (nSPS) is 13.2. The van der Waals surface area contributed by atoms with Crippen LogP contribution in [0.15, 0.2) is 34.5 Å². The monoisotopic (exact) mass is 262 g/mol. The second-order valence-corrected chi connectivity index (χ2v) is 5.07. The number of aromatic nitrogens is 2. The number of imidazole rings is 1. The van der Waals surface area contributed by atoms with Crippen molar-refractivity contribution in [2.45, 2.75) is 25.9 Å². The third-order valence-corrected chi connectivity index (χ3v) is 3.78. The Hall–Kier alpha value is -1.59. The maximum Gasteiger partial charge on any atom is 0.193 e. The Morgan fingerprint density at radius 3 is 3.22 bits per heavy atom. The molecule has 18 heavy (non-hydrogen) atoms. The van der Waals surface area contributed by atoms with E-state index in [-0.39, 0.29) is 0 Å². The fraction of sp³-hybridized carbons (Fsp3) is 0.308. The Bertz CT molecular complexity index is 624. The van der Waals surface area contributed by atoms with Crippen LogP contribution in [-0.2, 0) is 12.8 Å². The highest BCUT2D eigenvalue weighted by atomic mass is 32.1. The van der Waals surface area contributed by atoms with E-state index in [0.29, 0.717) is 6.42 Å². The second kappa shape index (κ2) is 4.59. The van der Waals surface area contributed by atoms with Crippen molar-refractivity contribution in [2.75, 3.05) is 0 Å². The third kappa shape index (κ3) is 1.95. The summed E-state index contributed by atoms with van der Waals surface area (Å²) in [6, 6.07) is 1.84. The number of aryl methyl sites for hydroxylation is 1. The number of rotatable bonds is 4.